The normalized spacial score (nSPS) is 18.7. The highest BCUT2D eigenvalue weighted by atomic mass is 19.2. The molecule has 2 aliphatic rings. The van der Waals surface area contributed by atoms with E-state index < -0.39 is 29.5 Å². The number of carbonyl (C=O) groups is 2. The van der Waals surface area contributed by atoms with Gasteiger partial charge in [0.2, 0.25) is 5.91 Å². The molecular weight excluding hydrogens is 509 g/mol. The molecule has 0 saturated carbocycles. The number of aromatic nitrogens is 1. The topological polar surface area (TPSA) is 88.7 Å². The van der Waals surface area contributed by atoms with Crippen molar-refractivity contribution in [2.45, 2.75) is 37.6 Å². The summed E-state index contributed by atoms with van der Waals surface area (Å²) in [6.07, 6.45) is 7.37. The molecule has 10 heteroatoms. The highest BCUT2D eigenvalue weighted by Crippen LogP contribution is 2.33. The lowest BCUT2D eigenvalue weighted by Crippen LogP contribution is -2.55. The summed E-state index contributed by atoms with van der Waals surface area (Å²) >= 11 is 0. The van der Waals surface area contributed by atoms with Crippen molar-refractivity contribution in [3.05, 3.63) is 77.2 Å². The predicted molar refractivity (Wildman–Crippen MR) is 141 cm³/mol. The molecule has 3 aromatic rings. The van der Waals surface area contributed by atoms with Crippen molar-refractivity contribution in [1.82, 2.24) is 20.3 Å². The van der Waals surface area contributed by atoms with Gasteiger partial charge in [0.1, 0.15) is 6.04 Å². The fourth-order valence-electron chi connectivity index (χ4n) is 5.71. The number of likely N-dealkylation sites (tertiary alicyclic amines) is 1. The number of benzene rings is 2. The van der Waals surface area contributed by atoms with Crippen LogP contribution in [-0.2, 0) is 9.59 Å². The molecule has 5 rings (SSSR count). The van der Waals surface area contributed by atoms with Crippen LogP contribution in [0.2, 0.25) is 0 Å². The Balaban J connectivity index is 1.13. The molecule has 206 valence electrons. The average molecular weight is 541 g/mol. The third-order valence-electron chi connectivity index (χ3n) is 7.89. The summed E-state index contributed by atoms with van der Waals surface area (Å²) in [5.41, 5.74) is 5.71. The van der Waals surface area contributed by atoms with Crippen LogP contribution in [-0.4, -0.2) is 64.1 Å². The van der Waals surface area contributed by atoms with Gasteiger partial charge in [0, 0.05) is 49.4 Å². The lowest BCUT2D eigenvalue weighted by atomic mass is 9.88. The number of para-hydroxylation sites is 1. The van der Waals surface area contributed by atoms with Crippen LogP contribution in [0.15, 0.2) is 48.7 Å². The van der Waals surface area contributed by atoms with E-state index >= 15 is 0 Å². The van der Waals surface area contributed by atoms with Crippen LogP contribution in [0.1, 0.15) is 42.7 Å². The maximum atomic E-state index is 13.4. The van der Waals surface area contributed by atoms with E-state index in [0.717, 1.165) is 43.6 Å². The number of halogens is 3. The number of H-pyrrole nitrogens is 1. The van der Waals surface area contributed by atoms with Crippen molar-refractivity contribution in [2.24, 2.45) is 5.92 Å². The maximum absolute atomic E-state index is 13.4. The van der Waals surface area contributed by atoms with E-state index in [0.29, 0.717) is 31.8 Å². The summed E-state index contributed by atoms with van der Waals surface area (Å²) in [5.74, 6) is -5.21. The zero-order valence-electron chi connectivity index (χ0n) is 21.4. The molecule has 1 unspecified atom stereocenters. The Kier molecular flexibility index (Phi) is 8.04. The molecule has 2 aromatic carbocycles. The van der Waals surface area contributed by atoms with Crippen molar-refractivity contribution in [3.63, 3.8) is 0 Å². The number of aliphatic carboxylic acids is 1. The summed E-state index contributed by atoms with van der Waals surface area (Å²) in [7, 11) is 0. The number of amides is 1. The molecule has 0 bridgehead atoms. The molecule has 3 heterocycles. The van der Waals surface area contributed by atoms with E-state index in [1.165, 1.54) is 23.1 Å². The molecule has 0 aliphatic carbocycles. The zero-order valence-corrected chi connectivity index (χ0v) is 21.4. The minimum atomic E-state index is -1.55. The average Bonchev–Trinajstić information content (AvgIpc) is 3.38. The Hall–Kier alpha value is -3.63. The summed E-state index contributed by atoms with van der Waals surface area (Å²) in [6.45, 7) is 2.21. The van der Waals surface area contributed by atoms with E-state index in [1.807, 2.05) is 17.1 Å². The van der Waals surface area contributed by atoms with Gasteiger partial charge >= 0.3 is 5.97 Å². The number of carboxylic acids is 1. The number of hydrogen-bond acceptors (Lipinski definition) is 4. The maximum Gasteiger partial charge on any atom is 0.322 e. The molecule has 2 fully saturated rings. The largest absolute Gasteiger partial charge is 0.480 e. The van der Waals surface area contributed by atoms with Gasteiger partial charge in [-0.15, -0.1) is 0 Å². The smallest absolute Gasteiger partial charge is 0.322 e. The second-order valence-electron chi connectivity index (χ2n) is 10.3. The van der Waals surface area contributed by atoms with Crippen LogP contribution in [0, 0.1) is 23.4 Å². The molecule has 39 heavy (non-hydrogen) atoms. The van der Waals surface area contributed by atoms with Crippen molar-refractivity contribution in [3.8, 4) is 0 Å². The first-order valence-corrected chi connectivity index (χ1v) is 13.2. The molecular formula is C29H31F3N4O3. The van der Waals surface area contributed by atoms with Crippen LogP contribution < -0.4 is 5.43 Å². The van der Waals surface area contributed by atoms with Gasteiger partial charge in [0.25, 0.3) is 0 Å². The fraction of sp³-hybridized carbons (Fsp3) is 0.379. The van der Waals surface area contributed by atoms with Crippen LogP contribution in [0.25, 0.3) is 17.0 Å². The van der Waals surface area contributed by atoms with Crippen molar-refractivity contribution >= 4 is 28.9 Å². The molecule has 3 N–H and O–H groups in total. The van der Waals surface area contributed by atoms with Gasteiger partial charge in [0.05, 0.1) is 0 Å². The number of hydrogen-bond donors (Lipinski definition) is 3. The van der Waals surface area contributed by atoms with E-state index in [-0.39, 0.29) is 17.4 Å². The Morgan fingerprint density at radius 2 is 1.67 bits per heavy atom. The van der Waals surface area contributed by atoms with E-state index in [4.69, 9.17) is 0 Å². The van der Waals surface area contributed by atoms with Crippen molar-refractivity contribution < 1.29 is 27.9 Å². The van der Waals surface area contributed by atoms with Gasteiger partial charge in [-0.3, -0.25) is 9.59 Å². The van der Waals surface area contributed by atoms with E-state index in [2.05, 4.69) is 28.7 Å². The molecule has 0 radical (unpaired) electrons. The number of nitrogens with one attached hydrogen (secondary N) is 2. The summed E-state index contributed by atoms with van der Waals surface area (Å²) in [5, 5.41) is 13.2. The van der Waals surface area contributed by atoms with Gasteiger partial charge < -0.3 is 15.0 Å². The van der Waals surface area contributed by atoms with Gasteiger partial charge in [0.15, 0.2) is 17.5 Å². The number of nitrogens with zero attached hydrogens (tertiary/aromatic N) is 2. The van der Waals surface area contributed by atoms with Crippen LogP contribution in [0.4, 0.5) is 13.2 Å². The van der Waals surface area contributed by atoms with Gasteiger partial charge in [-0.25, -0.2) is 23.6 Å². The lowest BCUT2D eigenvalue weighted by molar-refractivity contribution is -0.144. The first-order chi connectivity index (χ1) is 18.8. The number of fused-ring (bicyclic) bond motifs is 1. The molecule has 2 aliphatic heterocycles. The highest BCUT2D eigenvalue weighted by Gasteiger charge is 2.34. The fourth-order valence-corrected chi connectivity index (χ4v) is 5.71. The monoisotopic (exact) mass is 540 g/mol. The first-order valence-electron chi connectivity index (χ1n) is 13.2. The minimum absolute atomic E-state index is 0.0400. The Morgan fingerprint density at radius 1 is 1.00 bits per heavy atom. The molecule has 1 aromatic heterocycles. The zero-order chi connectivity index (χ0) is 27.5. The molecule has 1 atom stereocenters. The number of aromatic amines is 1. The molecule has 1 amide bonds. The quantitative estimate of drug-likeness (QED) is 0.299. The van der Waals surface area contributed by atoms with Gasteiger partial charge in [-0.2, -0.15) is 0 Å². The second kappa shape index (κ2) is 11.6. The number of piperidine rings is 2. The summed E-state index contributed by atoms with van der Waals surface area (Å²) in [4.78, 5) is 29.6. The molecule has 7 nitrogen and oxygen atoms in total. The lowest BCUT2D eigenvalue weighted by Gasteiger charge is -2.38. The summed E-state index contributed by atoms with van der Waals surface area (Å²) < 4.78 is 39.9. The van der Waals surface area contributed by atoms with Gasteiger partial charge in [-0.1, -0.05) is 18.2 Å². The number of carbonyl (C=O) groups excluding carboxylic acids is 1. The summed E-state index contributed by atoms with van der Waals surface area (Å²) in [6, 6.07) is 9.12. The Labute approximate surface area is 224 Å². The van der Waals surface area contributed by atoms with E-state index in [1.54, 1.807) is 4.90 Å². The Bertz CT molecular complexity index is 1350. The standard InChI is InChI=1S/C29H31F3N4O3/c30-23-15-18(16-24(31)27(23)32)5-6-26(37)35-11-7-20(8-12-35)28(29(38)39)34-36-13-9-19(10-14-36)22-17-33-25-4-2-1-3-21(22)25/h1-6,15-17,19-20,28,33-34H,7-14H2,(H,38,39). The van der Waals surface area contributed by atoms with Gasteiger partial charge in [-0.05, 0) is 72.9 Å². The highest BCUT2D eigenvalue weighted by molar-refractivity contribution is 5.91. The van der Waals surface area contributed by atoms with Crippen molar-refractivity contribution in [1.29, 1.82) is 0 Å². The number of hydrazine groups is 1. The second-order valence-corrected chi connectivity index (χ2v) is 10.3. The van der Waals surface area contributed by atoms with Crippen LogP contribution in [0.5, 0.6) is 0 Å². The van der Waals surface area contributed by atoms with E-state index in [9.17, 15) is 27.9 Å². The third-order valence-corrected chi connectivity index (χ3v) is 7.89. The SMILES string of the molecule is O=C(O)C(NN1CCC(c2c[nH]c3ccccc23)CC1)C1CCN(C(=O)C=Cc2cc(F)c(F)c(F)c2)CC1. The number of rotatable bonds is 7. The first kappa shape index (κ1) is 27.0. The van der Waals surface area contributed by atoms with Crippen LogP contribution in [0.3, 0.4) is 0 Å². The third kappa shape index (κ3) is 6.02. The van der Waals surface area contributed by atoms with Crippen molar-refractivity contribution in [2.75, 3.05) is 26.2 Å². The number of carboxylic acid groups (broad SMARTS) is 1. The van der Waals surface area contributed by atoms with Crippen LogP contribution >= 0.6 is 0 Å². The molecule has 0 spiro atoms. The minimum Gasteiger partial charge on any atom is -0.480 e. The molecule has 2 saturated heterocycles. The Morgan fingerprint density at radius 3 is 2.33 bits per heavy atom. The predicted octanol–water partition coefficient (Wildman–Crippen LogP) is 4.67.